The SMILES string of the molecule is CCc1cc(=O)n2nc(N3CCOCC3CC)sc2n1. The molecule has 108 valence electrons. The summed E-state index contributed by atoms with van der Waals surface area (Å²) in [6.07, 6.45) is 1.76. The molecule has 0 radical (unpaired) electrons. The van der Waals surface area contributed by atoms with Gasteiger partial charge in [-0.25, -0.2) is 4.98 Å². The zero-order chi connectivity index (χ0) is 14.1. The molecule has 6 nitrogen and oxygen atoms in total. The number of anilines is 1. The molecule has 1 atom stereocenters. The molecule has 1 aliphatic rings. The average Bonchev–Trinajstić information content (AvgIpc) is 2.91. The first kappa shape index (κ1) is 13.5. The molecule has 3 heterocycles. The van der Waals surface area contributed by atoms with Gasteiger partial charge in [0.05, 0.1) is 19.3 Å². The van der Waals surface area contributed by atoms with E-state index in [0.717, 1.165) is 36.8 Å². The monoisotopic (exact) mass is 294 g/mol. The molecule has 0 bridgehead atoms. The van der Waals surface area contributed by atoms with Gasteiger partial charge in [0.1, 0.15) is 0 Å². The first-order chi connectivity index (χ1) is 9.72. The van der Waals surface area contributed by atoms with E-state index >= 15 is 0 Å². The van der Waals surface area contributed by atoms with E-state index in [2.05, 4.69) is 21.9 Å². The number of hydrogen-bond donors (Lipinski definition) is 0. The second-order valence-electron chi connectivity index (χ2n) is 4.85. The quantitative estimate of drug-likeness (QED) is 0.854. The highest BCUT2D eigenvalue weighted by Gasteiger charge is 2.25. The van der Waals surface area contributed by atoms with E-state index in [1.807, 2.05) is 6.92 Å². The van der Waals surface area contributed by atoms with Crippen molar-refractivity contribution in [3.63, 3.8) is 0 Å². The zero-order valence-corrected chi connectivity index (χ0v) is 12.5. The lowest BCUT2D eigenvalue weighted by Gasteiger charge is -2.34. The molecule has 0 saturated carbocycles. The normalized spacial score (nSPS) is 19.7. The van der Waals surface area contributed by atoms with Gasteiger partial charge in [0.15, 0.2) is 0 Å². The maximum absolute atomic E-state index is 12.0. The van der Waals surface area contributed by atoms with Crippen LogP contribution in [-0.2, 0) is 11.2 Å². The third-order valence-corrected chi connectivity index (χ3v) is 4.54. The summed E-state index contributed by atoms with van der Waals surface area (Å²) < 4.78 is 6.91. The second kappa shape index (κ2) is 5.49. The van der Waals surface area contributed by atoms with Crippen LogP contribution >= 0.6 is 11.3 Å². The molecular formula is C13H18N4O2S. The van der Waals surface area contributed by atoms with Crippen LogP contribution in [0.15, 0.2) is 10.9 Å². The Hall–Kier alpha value is -1.47. The molecule has 3 rings (SSSR count). The summed E-state index contributed by atoms with van der Waals surface area (Å²) in [5.41, 5.74) is 0.717. The van der Waals surface area contributed by atoms with Crippen LogP contribution in [0.2, 0.25) is 0 Å². The van der Waals surface area contributed by atoms with Gasteiger partial charge in [-0.1, -0.05) is 25.2 Å². The van der Waals surface area contributed by atoms with Gasteiger partial charge in [-0.2, -0.15) is 4.52 Å². The van der Waals surface area contributed by atoms with Crippen molar-refractivity contribution >= 4 is 21.4 Å². The number of ether oxygens (including phenoxy) is 1. The second-order valence-corrected chi connectivity index (χ2v) is 5.78. The van der Waals surface area contributed by atoms with Crippen molar-refractivity contribution in [3.05, 3.63) is 22.1 Å². The van der Waals surface area contributed by atoms with E-state index in [-0.39, 0.29) is 5.56 Å². The van der Waals surface area contributed by atoms with Gasteiger partial charge in [-0.15, -0.1) is 5.10 Å². The Morgan fingerprint density at radius 1 is 1.50 bits per heavy atom. The number of aromatic nitrogens is 3. The molecule has 1 aliphatic heterocycles. The van der Waals surface area contributed by atoms with Crippen molar-refractivity contribution in [2.75, 3.05) is 24.7 Å². The Bertz CT molecular complexity index is 666. The Kier molecular flexibility index (Phi) is 3.71. The van der Waals surface area contributed by atoms with Crippen LogP contribution in [-0.4, -0.2) is 40.4 Å². The molecule has 0 aliphatic carbocycles. The summed E-state index contributed by atoms with van der Waals surface area (Å²) in [7, 11) is 0. The molecule has 7 heteroatoms. The maximum atomic E-state index is 12.0. The molecule has 1 saturated heterocycles. The molecule has 0 spiro atoms. The predicted molar refractivity (Wildman–Crippen MR) is 78.8 cm³/mol. The minimum atomic E-state index is -0.101. The minimum absolute atomic E-state index is 0.101. The van der Waals surface area contributed by atoms with Gasteiger partial charge in [-0.05, 0) is 12.8 Å². The number of morpholine rings is 1. The van der Waals surface area contributed by atoms with Gasteiger partial charge in [0, 0.05) is 18.3 Å². The summed E-state index contributed by atoms with van der Waals surface area (Å²) >= 11 is 1.48. The molecule has 1 unspecified atom stereocenters. The highest BCUT2D eigenvalue weighted by atomic mass is 32.1. The summed E-state index contributed by atoms with van der Waals surface area (Å²) in [5.74, 6) is 0. The zero-order valence-electron chi connectivity index (χ0n) is 11.7. The third kappa shape index (κ3) is 2.31. The fraction of sp³-hybridized carbons (Fsp3) is 0.615. The molecule has 1 fully saturated rings. The Morgan fingerprint density at radius 3 is 3.10 bits per heavy atom. The van der Waals surface area contributed by atoms with Crippen molar-refractivity contribution in [2.24, 2.45) is 0 Å². The summed E-state index contributed by atoms with van der Waals surface area (Å²) in [5, 5.41) is 5.30. The van der Waals surface area contributed by atoms with Crippen LogP contribution in [0.5, 0.6) is 0 Å². The Morgan fingerprint density at radius 2 is 2.35 bits per heavy atom. The van der Waals surface area contributed by atoms with Crippen LogP contribution in [0.1, 0.15) is 26.0 Å². The molecule has 0 amide bonds. The van der Waals surface area contributed by atoms with Crippen molar-refractivity contribution in [3.8, 4) is 0 Å². The molecule has 0 N–H and O–H groups in total. The summed E-state index contributed by atoms with van der Waals surface area (Å²) in [4.78, 5) is 19.4. The van der Waals surface area contributed by atoms with Crippen molar-refractivity contribution in [2.45, 2.75) is 32.7 Å². The highest BCUT2D eigenvalue weighted by Crippen LogP contribution is 2.25. The number of aryl methyl sites for hydroxylation is 1. The average molecular weight is 294 g/mol. The smallest absolute Gasteiger partial charge is 0.275 e. The van der Waals surface area contributed by atoms with Crippen LogP contribution < -0.4 is 10.5 Å². The van der Waals surface area contributed by atoms with Gasteiger partial charge >= 0.3 is 0 Å². The van der Waals surface area contributed by atoms with Gasteiger partial charge < -0.3 is 9.64 Å². The Balaban J connectivity index is 2.04. The van der Waals surface area contributed by atoms with Crippen molar-refractivity contribution in [1.29, 1.82) is 0 Å². The number of nitrogens with zero attached hydrogens (tertiary/aromatic N) is 4. The van der Waals surface area contributed by atoms with Crippen molar-refractivity contribution in [1.82, 2.24) is 14.6 Å². The number of hydrogen-bond acceptors (Lipinski definition) is 6. The molecule has 0 aromatic carbocycles. The standard InChI is InChI=1S/C13H18N4O2S/c1-3-9-7-11(18)17-12(14-9)20-13(15-17)16-5-6-19-8-10(16)4-2/h7,10H,3-6,8H2,1-2H3. The lowest BCUT2D eigenvalue weighted by Crippen LogP contribution is -2.45. The van der Waals surface area contributed by atoms with Gasteiger partial charge in [0.2, 0.25) is 10.1 Å². The van der Waals surface area contributed by atoms with Crippen LogP contribution in [0.3, 0.4) is 0 Å². The van der Waals surface area contributed by atoms with E-state index in [9.17, 15) is 4.79 Å². The third-order valence-electron chi connectivity index (χ3n) is 3.59. The minimum Gasteiger partial charge on any atom is -0.377 e. The molecular weight excluding hydrogens is 276 g/mol. The maximum Gasteiger partial charge on any atom is 0.275 e. The Labute approximate surface area is 121 Å². The van der Waals surface area contributed by atoms with E-state index in [4.69, 9.17) is 4.74 Å². The van der Waals surface area contributed by atoms with Gasteiger partial charge in [-0.3, -0.25) is 4.79 Å². The van der Waals surface area contributed by atoms with E-state index in [0.29, 0.717) is 17.6 Å². The first-order valence-corrected chi connectivity index (χ1v) is 7.78. The fourth-order valence-electron chi connectivity index (χ4n) is 2.39. The van der Waals surface area contributed by atoms with E-state index in [1.165, 1.54) is 15.9 Å². The predicted octanol–water partition coefficient (Wildman–Crippen LogP) is 1.33. The number of rotatable bonds is 3. The lowest BCUT2D eigenvalue weighted by atomic mass is 10.2. The molecule has 2 aromatic heterocycles. The van der Waals surface area contributed by atoms with Crippen LogP contribution in [0.25, 0.3) is 4.96 Å². The summed E-state index contributed by atoms with van der Waals surface area (Å²) in [6, 6.07) is 1.89. The van der Waals surface area contributed by atoms with E-state index < -0.39 is 0 Å². The van der Waals surface area contributed by atoms with Crippen LogP contribution in [0, 0.1) is 0 Å². The molecule has 20 heavy (non-hydrogen) atoms. The van der Waals surface area contributed by atoms with Crippen molar-refractivity contribution < 1.29 is 4.74 Å². The highest BCUT2D eigenvalue weighted by molar-refractivity contribution is 7.20. The van der Waals surface area contributed by atoms with Crippen LogP contribution in [0.4, 0.5) is 5.13 Å². The number of fused-ring (bicyclic) bond motifs is 1. The first-order valence-electron chi connectivity index (χ1n) is 6.97. The van der Waals surface area contributed by atoms with Gasteiger partial charge in [0.25, 0.3) is 5.56 Å². The topological polar surface area (TPSA) is 59.7 Å². The fourth-order valence-corrected chi connectivity index (χ4v) is 3.41. The molecule has 2 aromatic rings. The van der Waals surface area contributed by atoms with E-state index in [1.54, 1.807) is 6.07 Å². The largest absolute Gasteiger partial charge is 0.377 e. The summed E-state index contributed by atoms with van der Waals surface area (Å²) in [6.45, 7) is 6.37. The lowest BCUT2D eigenvalue weighted by molar-refractivity contribution is 0.0929.